The molecule has 23 heavy (non-hydrogen) atoms. The van der Waals surface area contributed by atoms with Crippen molar-refractivity contribution in [3.8, 4) is 0 Å². The number of esters is 1. The number of carbonyl (C=O) groups is 1. The Balaban J connectivity index is 1.95. The molecule has 0 unspecified atom stereocenters. The minimum Gasteiger partial charge on any atom is -0.459 e. The van der Waals surface area contributed by atoms with Gasteiger partial charge in [0.15, 0.2) is 0 Å². The molecule has 0 saturated heterocycles. The lowest BCUT2D eigenvalue weighted by molar-refractivity contribution is -0.862. The van der Waals surface area contributed by atoms with E-state index in [2.05, 4.69) is 14.1 Å². The van der Waals surface area contributed by atoms with Crippen molar-refractivity contribution in [2.45, 2.75) is 31.8 Å². The summed E-state index contributed by atoms with van der Waals surface area (Å²) in [6.45, 7) is 1.03. The Kier molecular flexibility index (Phi) is 6.94. The van der Waals surface area contributed by atoms with Gasteiger partial charge >= 0.3 is 5.97 Å². The third-order valence-corrected chi connectivity index (χ3v) is 4.70. The molecule has 126 valence electrons. The molecule has 0 aliphatic heterocycles. The van der Waals surface area contributed by atoms with Crippen LogP contribution < -0.4 is 4.90 Å². The van der Waals surface area contributed by atoms with Gasteiger partial charge in [0.05, 0.1) is 20.6 Å². The van der Waals surface area contributed by atoms with Gasteiger partial charge in [-0.05, 0) is 43.0 Å². The Labute approximate surface area is 148 Å². The summed E-state index contributed by atoms with van der Waals surface area (Å²) < 4.78 is 5.68. The van der Waals surface area contributed by atoms with E-state index in [4.69, 9.17) is 27.9 Å². The quantitative estimate of drug-likeness (QED) is 0.648. The van der Waals surface area contributed by atoms with Gasteiger partial charge in [-0.15, -0.1) is 0 Å². The molecule has 1 saturated carbocycles. The number of nitrogens with one attached hydrogen (secondary N) is 1. The van der Waals surface area contributed by atoms with Crippen LogP contribution in [0.1, 0.15) is 31.2 Å². The summed E-state index contributed by atoms with van der Waals surface area (Å²) in [7, 11) is 4.27. The summed E-state index contributed by atoms with van der Waals surface area (Å²) >= 11 is 12.0. The Morgan fingerprint density at radius 1 is 1.30 bits per heavy atom. The van der Waals surface area contributed by atoms with Gasteiger partial charge in [0.2, 0.25) is 0 Å². The van der Waals surface area contributed by atoms with E-state index < -0.39 is 0 Å². The molecule has 3 nitrogen and oxygen atoms in total. The number of quaternary nitrogens is 1. The minimum atomic E-state index is -0.304. The summed E-state index contributed by atoms with van der Waals surface area (Å²) in [6, 6.07) is 5.19. The number of benzene rings is 1. The molecule has 0 aromatic heterocycles. The second-order valence-corrected chi connectivity index (χ2v) is 7.27. The molecule has 2 rings (SSSR count). The largest absolute Gasteiger partial charge is 0.459 e. The number of carbonyl (C=O) groups excluding carboxylic acids is 1. The lowest BCUT2D eigenvalue weighted by Crippen LogP contribution is -3.06. The van der Waals surface area contributed by atoms with Crippen LogP contribution in [-0.4, -0.2) is 32.7 Å². The van der Waals surface area contributed by atoms with E-state index in [1.807, 2.05) is 0 Å². The van der Waals surface area contributed by atoms with Crippen LogP contribution in [0.2, 0.25) is 10.0 Å². The van der Waals surface area contributed by atoms with Crippen LogP contribution in [0.5, 0.6) is 0 Å². The summed E-state index contributed by atoms with van der Waals surface area (Å²) in [4.78, 5) is 13.5. The van der Waals surface area contributed by atoms with Crippen LogP contribution in [0.15, 0.2) is 24.3 Å². The highest BCUT2D eigenvalue weighted by Gasteiger charge is 2.29. The van der Waals surface area contributed by atoms with E-state index in [9.17, 15) is 4.79 Å². The molecule has 2 atom stereocenters. The lowest BCUT2D eigenvalue weighted by Gasteiger charge is -2.31. The van der Waals surface area contributed by atoms with Crippen LogP contribution in [0.3, 0.4) is 0 Å². The summed E-state index contributed by atoms with van der Waals surface area (Å²) in [5.41, 5.74) is 0.756. The summed E-state index contributed by atoms with van der Waals surface area (Å²) in [5.74, 6) is 0.145. The molecule has 1 aliphatic carbocycles. The first kappa shape index (κ1) is 18.3. The van der Waals surface area contributed by atoms with E-state index in [-0.39, 0.29) is 12.1 Å². The van der Waals surface area contributed by atoms with Crippen LogP contribution in [0.25, 0.3) is 6.08 Å². The minimum absolute atomic E-state index is 0.0245. The molecular formula is C18H24Cl2NO2+. The van der Waals surface area contributed by atoms with Gasteiger partial charge in [0.25, 0.3) is 0 Å². The smallest absolute Gasteiger partial charge is 0.331 e. The molecule has 1 N–H and O–H groups in total. The van der Waals surface area contributed by atoms with Crippen molar-refractivity contribution in [3.63, 3.8) is 0 Å². The van der Waals surface area contributed by atoms with Gasteiger partial charge in [-0.3, -0.25) is 0 Å². The molecule has 0 spiro atoms. The maximum Gasteiger partial charge on any atom is 0.331 e. The zero-order valence-corrected chi connectivity index (χ0v) is 15.2. The number of ether oxygens (including phenoxy) is 1. The van der Waals surface area contributed by atoms with Gasteiger partial charge in [0, 0.05) is 22.0 Å². The molecule has 5 heteroatoms. The third kappa shape index (κ3) is 5.83. The van der Waals surface area contributed by atoms with Crippen molar-refractivity contribution in [3.05, 3.63) is 39.9 Å². The van der Waals surface area contributed by atoms with E-state index in [0.29, 0.717) is 16.0 Å². The summed E-state index contributed by atoms with van der Waals surface area (Å²) in [5, 5.41) is 1.10. The van der Waals surface area contributed by atoms with Crippen molar-refractivity contribution >= 4 is 35.2 Å². The van der Waals surface area contributed by atoms with Gasteiger partial charge < -0.3 is 9.64 Å². The molecule has 1 aromatic carbocycles. The number of halogens is 2. The fourth-order valence-corrected chi connectivity index (χ4v) is 3.54. The van der Waals surface area contributed by atoms with E-state index in [0.717, 1.165) is 31.4 Å². The first-order valence-corrected chi connectivity index (χ1v) is 8.84. The predicted octanol–water partition coefficient (Wildman–Crippen LogP) is 3.25. The molecule has 1 aromatic rings. The monoisotopic (exact) mass is 356 g/mol. The van der Waals surface area contributed by atoms with Gasteiger partial charge in [-0.25, -0.2) is 4.79 Å². The van der Waals surface area contributed by atoms with E-state index in [1.54, 1.807) is 24.3 Å². The van der Waals surface area contributed by atoms with Crippen molar-refractivity contribution < 1.29 is 14.4 Å². The molecule has 1 aliphatic rings. The van der Waals surface area contributed by atoms with Gasteiger partial charge in [-0.2, -0.15) is 0 Å². The number of hydrogen-bond acceptors (Lipinski definition) is 2. The average molecular weight is 357 g/mol. The number of hydrogen-bond donors (Lipinski definition) is 1. The Hall–Kier alpha value is -1.03. The highest BCUT2D eigenvalue weighted by Crippen LogP contribution is 2.26. The highest BCUT2D eigenvalue weighted by atomic mass is 35.5. The maximum atomic E-state index is 12.1. The zero-order valence-electron chi connectivity index (χ0n) is 13.6. The van der Waals surface area contributed by atoms with Crippen molar-refractivity contribution in [1.29, 1.82) is 0 Å². The molecule has 0 heterocycles. The standard InChI is InChI=1S/C18H23Cl2NO2/c1-21(2)12-14-5-3-4-6-17(14)23-18(22)10-8-13-7-9-15(19)11-16(13)20/h7-11,14,17H,3-6,12H2,1-2H3/p+1/b10-8+/t14-,17-/m0/s1. The second-order valence-electron chi connectivity index (χ2n) is 6.43. The number of rotatable bonds is 5. The predicted molar refractivity (Wildman–Crippen MR) is 95.0 cm³/mol. The van der Waals surface area contributed by atoms with Crippen LogP contribution >= 0.6 is 23.2 Å². The SMILES string of the molecule is C[NH+](C)C[C@@H]1CCCC[C@@H]1OC(=O)/C=C/c1ccc(Cl)cc1Cl. The Bertz CT molecular complexity index is 572. The fraction of sp³-hybridized carbons (Fsp3) is 0.500. The van der Waals surface area contributed by atoms with Crippen LogP contribution in [-0.2, 0) is 9.53 Å². The van der Waals surface area contributed by atoms with Crippen molar-refractivity contribution in [2.75, 3.05) is 20.6 Å². The van der Waals surface area contributed by atoms with Crippen LogP contribution in [0, 0.1) is 5.92 Å². The van der Waals surface area contributed by atoms with E-state index in [1.165, 1.54) is 17.4 Å². The van der Waals surface area contributed by atoms with Gasteiger partial charge in [0.1, 0.15) is 6.10 Å². The molecule has 0 radical (unpaired) electrons. The maximum absolute atomic E-state index is 12.1. The summed E-state index contributed by atoms with van der Waals surface area (Å²) in [6.07, 6.45) is 7.59. The first-order valence-electron chi connectivity index (χ1n) is 8.08. The van der Waals surface area contributed by atoms with Gasteiger partial charge in [-0.1, -0.05) is 35.7 Å². The third-order valence-electron chi connectivity index (χ3n) is 4.14. The Morgan fingerprint density at radius 2 is 2.04 bits per heavy atom. The second kappa shape index (κ2) is 8.72. The Morgan fingerprint density at radius 3 is 2.74 bits per heavy atom. The van der Waals surface area contributed by atoms with Crippen LogP contribution in [0.4, 0.5) is 0 Å². The van der Waals surface area contributed by atoms with Crippen molar-refractivity contribution in [2.24, 2.45) is 5.92 Å². The fourth-order valence-electron chi connectivity index (χ4n) is 3.07. The lowest BCUT2D eigenvalue weighted by atomic mass is 9.86. The van der Waals surface area contributed by atoms with E-state index >= 15 is 0 Å². The molecule has 0 bridgehead atoms. The highest BCUT2D eigenvalue weighted by molar-refractivity contribution is 6.35. The molecule has 0 amide bonds. The zero-order chi connectivity index (χ0) is 16.8. The topological polar surface area (TPSA) is 30.7 Å². The normalized spacial score (nSPS) is 21.8. The first-order chi connectivity index (χ1) is 11.0. The average Bonchev–Trinajstić information content (AvgIpc) is 2.48. The van der Waals surface area contributed by atoms with Crippen molar-refractivity contribution in [1.82, 2.24) is 0 Å². The molecular weight excluding hydrogens is 333 g/mol. The molecule has 1 fully saturated rings.